The highest BCUT2D eigenvalue weighted by atomic mass is 32.2. The Labute approximate surface area is 184 Å². The first-order valence-corrected chi connectivity index (χ1v) is 11.7. The highest BCUT2D eigenvalue weighted by Crippen LogP contribution is 2.41. The van der Waals surface area contributed by atoms with Crippen LogP contribution in [0.25, 0.3) is 11.1 Å². The lowest BCUT2D eigenvalue weighted by Gasteiger charge is -2.18. The van der Waals surface area contributed by atoms with Crippen molar-refractivity contribution >= 4 is 40.8 Å². The summed E-state index contributed by atoms with van der Waals surface area (Å²) in [6.07, 6.45) is 6.40. The third kappa shape index (κ3) is 3.10. The van der Waals surface area contributed by atoms with E-state index in [0.717, 1.165) is 57.4 Å². The van der Waals surface area contributed by atoms with Crippen molar-refractivity contribution in [3.8, 4) is 11.1 Å². The standard InChI is InChI=1S/C24H21N3OS2/c1-14-11-16(12-22-23(28)26-19-8-4-6-10-21(19)29-22)15(2)27(14)24-18(13-25)17-7-3-5-9-20(17)30-24/h4,6,8,10-12H,3,5,7,9H2,1-2H3,(H,26,28)/b22-12-. The summed E-state index contributed by atoms with van der Waals surface area (Å²) in [5.74, 6) is -0.0761. The maximum atomic E-state index is 12.6. The molecule has 0 bridgehead atoms. The van der Waals surface area contributed by atoms with Gasteiger partial charge in [0.2, 0.25) is 0 Å². The van der Waals surface area contributed by atoms with Crippen LogP contribution in [-0.2, 0) is 17.6 Å². The normalized spacial score (nSPS) is 16.7. The number of carbonyl (C=O) groups is 1. The highest BCUT2D eigenvalue weighted by molar-refractivity contribution is 8.04. The van der Waals surface area contributed by atoms with Crippen LogP contribution in [0.1, 0.15) is 45.8 Å². The van der Waals surface area contributed by atoms with Crippen LogP contribution in [0.15, 0.2) is 40.1 Å². The largest absolute Gasteiger partial charge is 0.320 e. The Morgan fingerprint density at radius 1 is 1.20 bits per heavy atom. The number of hydrogen-bond donors (Lipinski definition) is 1. The first-order valence-electron chi connectivity index (χ1n) is 10.1. The van der Waals surface area contributed by atoms with E-state index in [9.17, 15) is 10.1 Å². The minimum atomic E-state index is -0.0761. The molecule has 2 aliphatic rings. The van der Waals surface area contributed by atoms with Gasteiger partial charge in [-0.1, -0.05) is 23.9 Å². The van der Waals surface area contributed by atoms with Crippen molar-refractivity contribution in [2.45, 2.75) is 44.4 Å². The van der Waals surface area contributed by atoms with Crippen molar-refractivity contribution in [2.75, 3.05) is 5.32 Å². The number of nitrogens with zero attached hydrogens (tertiary/aromatic N) is 2. The molecule has 6 heteroatoms. The van der Waals surface area contributed by atoms with Gasteiger partial charge in [0.15, 0.2) is 0 Å². The first-order chi connectivity index (χ1) is 14.6. The predicted octanol–water partition coefficient (Wildman–Crippen LogP) is 5.99. The number of anilines is 1. The third-order valence-electron chi connectivity index (χ3n) is 5.80. The van der Waals surface area contributed by atoms with Crippen LogP contribution in [0.3, 0.4) is 0 Å². The Hall–Kier alpha value is -2.75. The summed E-state index contributed by atoms with van der Waals surface area (Å²) in [6.45, 7) is 4.14. The van der Waals surface area contributed by atoms with E-state index < -0.39 is 0 Å². The van der Waals surface area contributed by atoms with E-state index in [4.69, 9.17) is 0 Å². The zero-order chi connectivity index (χ0) is 20.8. The molecule has 1 amide bonds. The number of hydrogen-bond acceptors (Lipinski definition) is 4. The van der Waals surface area contributed by atoms with E-state index in [0.29, 0.717) is 4.91 Å². The van der Waals surface area contributed by atoms with E-state index in [1.54, 1.807) is 11.3 Å². The topological polar surface area (TPSA) is 57.8 Å². The lowest BCUT2D eigenvalue weighted by atomic mass is 9.96. The van der Waals surface area contributed by atoms with Gasteiger partial charge in [-0.05, 0) is 74.9 Å². The van der Waals surface area contributed by atoms with E-state index in [2.05, 4.69) is 35.9 Å². The Kier molecular flexibility index (Phi) is 4.80. The smallest absolute Gasteiger partial charge is 0.262 e. The van der Waals surface area contributed by atoms with Crippen LogP contribution in [-0.4, -0.2) is 10.5 Å². The highest BCUT2D eigenvalue weighted by Gasteiger charge is 2.25. The summed E-state index contributed by atoms with van der Waals surface area (Å²) < 4.78 is 2.19. The zero-order valence-electron chi connectivity index (χ0n) is 16.9. The average molecular weight is 432 g/mol. The molecule has 4 nitrogen and oxygen atoms in total. The quantitative estimate of drug-likeness (QED) is 0.507. The van der Waals surface area contributed by atoms with Crippen molar-refractivity contribution in [2.24, 2.45) is 0 Å². The molecule has 1 aromatic carbocycles. The van der Waals surface area contributed by atoms with Crippen molar-refractivity contribution in [1.82, 2.24) is 4.57 Å². The van der Waals surface area contributed by atoms with Gasteiger partial charge in [0, 0.05) is 21.2 Å². The molecule has 2 aromatic heterocycles. The van der Waals surface area contributed by atoms with Crippen molar-refractivity contribution < 1.29 is 4.79 Å². The number of thiophene rings is 1. The van der Waals surface area contributed by atoms with Gasteiger partial charge < -0.3 is 9.88 Å². The molecule has 150 valence electrons. The van der Waals surface area contributed by atoms with E-state index in [1.165, 1.54) is 28.6 Å². The summed E-state index contributed by atoms with van der Waals surface area (Å²) in [5, 5.41) is 13.9. The molecule has 0 fully saturated rings. The maximum absolute atomic E-state index is 12.6. The molecule has 0 saturated carbocycles. The minimum Gasteiger partial charge on any atom is -0.320 e. The second-order valence-corrected chi connectivity index (χ2v) is 9.89. The first kappa shape index (κ1) is 19.2. The Bertz CT molecular complexity index is 1260. The fourth-order valence-electron chi connectivity index (χ4n) is 4.31. The monoisotopic (exact) mass is 431 g/mol. The Morgan fingerprint density at radius 3 is 2.83 bits per heavy atom. The summed E-state index contributed by atoms with van der Waals surface area (Å²) in [4.78, 5) is 15.7. The number of fused-ring (bicyclic) bond motifs is 2. The fraction of sp³-hybridized carbons (Fsp3) is 0.250. The summed E-state index contributed by atoms with van der Waals surface area (Å²) in [7, 11) is 0. The Balaban J connectivity index is 1.58. The van der Waals surface area contributed by atoms with Crippen molar-refractivity contribution in [3.05, 3.63) is 68.2 Å². The van der Waals surface area contributed by atoms with Gasteiger partial charge >= 0.3 is 0 Å². The number of thioether (sulfide) groups is 1. The summed E-state index contributed by atoms with van der Waals surface area (Å²) in [6, 6.07) is 12.4. The van der Waals surface area contributed by atoms with E-state index in [1.807, 2.05) is 30.3 Å². The van der Waals surface area contributed by atoms with Crippen molar-refractivity contribution in [3.63, 3.8) is 0 Å². The van der Waals surface area contributed by atoms with Gasteiger partial charge in [0.25, 0.3) is 5.91 Å². The molecule has 0 spiro atoms. The molecule has 3 aromatic rings. The summed E-state index contributed by atoms with van der Waals surface area (Å²) >= 11 is 3.25. The number of nitrogens with one attached hydrogen (secondary N) is 1. The molecule has 5 rings (SSSR count). The van der Waals surface area contributed by atoms with Gasteiger partial charge in [0.05, 0.1) is 16.2 Å². The molecule has 1 aliphatic heterocycles. The van der Waals surface area contributed by atoms with Crippen LogP contribution in [0, 0.1) is 25.2 Å². The number of carbonyl (C=O) groups excluding carboxylic acids is 1. The van der Waals surface area contributed by atoms with Gasteiger partial charge in [0.1, 0.15) is 11.1 Å². The SMILES string of the molecule is Cc1cc(/C=C2\Sc3ccccc3NC2=O)c(C)n1-c1sc2c(c1C#N)CCCC2. The number of para-hydroxylation sites is 1. The number of nitriles is 1. The Morgan fingerprint density at radius 2 is 2.00 bits per heavy atom. The average Bonchev–Trinajstić information content (AvgIpc) is 3.24. The number of amides is 1. The maximum Gasteiger partial charge on any atom is 0.262 e. The molecule has 1 aliphatic carbocycles. The number of aromatic nitrogens is 1. The predicted molar refractivity (Wildman–Crippen MR) is 123 cm³/mol. The molecule has 0 atom stereocenters. The molecule has 1 N–H and O–H groups in total. The van der Waals surface area contributed by atoms with Gasteiger partial charge in [-0.25, -0.2) is 0 Å². The van der Waals surface area contributed by atoms with Crippen LogP contribution >= 0.6 is 23.1 Å². The van der Waals surface area contributed by atoms with E-state index in [-0.39, 0.29) is 5.91 Å². The molecule has 0 radical (unpaired) electrons. The molecule has 0 saturated heterocycles. The van der Waals surface area contributed by atoms with Gasteiger partial charge in [-0.3, -0.25) is 4.79 Å². The lowest BCUT2D eigenvalue weighted by molar-refractivity contribution is -0.112. The lowest BCUT2D eigenvalue weighted by Crippen LogP contribution is -2.17. The van der Waals surface area contributed by atoms with Crippen LogP contribution in [0.2, 0.25) is 0 Å². The van der Waals surface area contributed by atoms with Crippen LogP contribution in [0.4, 0.5) is 5.69 Å². The number of benzene rings is 1. The fourth-order valence-corrected chi connectivity index (χ4v) is 6.71. The van der Waals surface area contributed by atoms with Crippen LogP contribution in [0.5, 0.6) is 0 Å². The second-order valence-electron chi connectivity index (χ2n) is 7.73. The third-order valence-corrected chi connectivity index (χ3v) is 8.18. The van der Waals surface area contributed by atoms with E-state index >= 15 is 0 Å². The number of aryl methyl sites for hydroxylation is 2. The molecule has 30 heavy (non-hydrogen) atoms. The second kappa shape index (κ2) is 7.50. The van der Waals surface area contributed by atoms with Gasteiger partial charge in [-0.2, -0.15) is 5.26 Å². The van der Waals surface area contributed by atoms with Gasteiger partial charge in [-0.15, -0.1) is 11.3 Å². The minimum absolute atomic E-state index is 0.0761. The molecule has 3 heterocycles. The molecular formula is C24H21N3OS2. The van der Waals surface area contributed by atoms with Crippen molar-refractivity contribution in [1.29, 1.82) is 5.26 Å². The molecule has 0 unspecified atom stereocenters. The zero-order valence-corrected chi connectivity index (χ0v) is 18.5. The molecular weight excluding hydrogens is 410 g/mol. The number of rotatable bonds is 2. The summed E-state index contributed by atoms with van der Waals surface area (Å²) in [5.41, 5.74) is 6.08. The van der Waals surface area contributed by atoms with Crippen LogP contribution < -0.4 is 5.32 Å².